The van der Waals surface area contributed by atoms with E-state index in [0.29, 0.717) is 25.4 Å². The number of rotatable bonds is 9. The molecule has 0 bridgehead atoms. The van der Waals surface area contributed by atoms with E-state index in [0.717, 1.165) is 5.56 Å². The van der Waals surface area contributed by atoms with Gasteiger partial charge >= 0.3 is 6.09 Å². The number of nitrogens with zero attached hydrogens (tertiary/aromatic N) is 3. The lowest BCUT2D eigenvalue weighted by Crippen LogP contribution is -2.35. The van der Waals surface area contributed by atoms with Crippen LogP contribution in [-0.4, -0.2) is 63.1 Å². The Labute approximate surface area is 142 Å². The summed E-state index contributed by atoms with van der Waals surface area (Å²) in [4.78, 5) is 31.3. The first-order valence-electron chi connectivity index (χ1n) is 7.65. The third-order valence-electron chi connectivity index (χ3n) is 3.35. The number of hydrogen-bond donors (Lipinski definition) is 0. The predicted molar refractivity (Wildman–Crippen MR) is 88.6 cm³/mol. The Morgan fingerprint density at radius 2 is 2.00 bits per heavy atom. The maximum absolute atomic E-state index is 12.2. The third kappa shape index (κ3) is 5.78. The number of amides is 2. The van der Waals surface area contributed by atoms with Gasteiger partial charge < -0.3 is 19.1 Å². The van der Waals surface area contributed by atoms with Gasteiger partial charge in [-0.25, -0.2) is 9.78 Å². The van der Waals surface area contributed by atoms with Gasteiger partial charge in [-0.2, -0.15) is 0 Å². The predicted octanol–water partition coefficient (Wildman–Crippen LogP) is 1.64. The van der Waals surface area contributed by atoms with E-state index in [2.05, 4.69) is 4.98 Å². The highest BCUT2D eigenvalue weighted by molar-refractivity contribution is 5.92. The average molecular weight is 339 g/mol. The third-order valence-corrected chi connectivity index (χ3v) is 3.35. The summed E-state index contributed by atoms with van der Waals surface area (Å²) in [5.41, 5.74) is 0.743. The number of ether oxygens (including phenoxy) is 3. The van der Waals surface area contributed by atoms with Crippen molar-refractivity contribution in [2.45, 2.75) is 19.9 Å². The minimum Gasteiger partial charge on any atom is -0.422 e. The van der Waals surface area contributed by atoms with E-state index in [1.807, 2.05) is 6.07 Å². The Bertz CT molecular complexity index is 538. The topological polar surface area (TPSA) is 81.2 Å². The number of hydrogen-bond acceptors (Lipinski definition) is 6. The van der Waals surface area contributed by atoms with Crippen LogP contribution in [0.5, 0.6) is 0 Å². The van der Waals surface area contributed by atoms with Crippen molar-refractivity contribution in [1.29, 1.82) is 0 Å². The first-order valence-corrected chi connectivity index (χ1v) is 7.65. The maximum Gasteiger partial charge on any atom is 0.412 e. The van der Waals surface area contributed by atoms with Gasteiger partial charge in [0.1, 0.15) is 5.82 Å². The molecule has 8 nitrogen and oxygen atoms in total. The zero-order valence-corrected chi connectivity index (χ0v) is 14.7. The Morgan fingerprint density at radius 3 is 2.62 bits per heavy atom. The molecule has 0 atom stereocenters. The number of carbonyl (C=O) groups is 2. The van der Waals surface area contributed by atoms with Crippen LogP contribution in [0.4, 0.5) is 10.6 Å². The molecule has 1 aromatic heterocycles. The van der Waals surface area contributed by atoms with E-state index in [4.69, 9.17) is 14.2 Å². The molecular weight excluding hydrogens is 314 g/mol. The van der Waals surface area contributed by atoms with Crippen LogP contribution in [0.2, 0.25) is 0 Å². The van der Waals surface area contributed by atoms with Gasteiger partial charge in [0.05, 0.1) is 13.2 Å². The van der Waals surface area contributed by atoms with Crippen molar-refractivity contribution >= 4 is 17.8 Å². The highest BCUT2D eigenvalue weighted by atomic mass is 16.7. The summed E-state index contributed by atoms with van der Waals surface area (Å²) < 4.78 is 14.8. The van der Waals surface area contributed by atoms with Crippen LogP contribution in [0.1, 0.15) is 18.9 Å². The second-order valence-electron chi connectivity index (χ2n) is 5.02. The van der Waals surface area contributed by atoms with Gasteiger partial charge in [-0.1, -0.05) is 13.0 Å². The van der Waals surface area contributed by atoms with Crippen LogP contribution < -0.4 is 4.90 Å². The van der Waals surface area contributed by atoms with Crippen molar-refractivity contribution in [3.63, 3.8) is 0 Å². The summed E-state index contributed by atoms with van der Waals surface area (Å²) in [7, 11) is 4.67. The zero-order valence-electron chi connectivity index (χ0n) is 14.7. The lowest BCUT2D eigenvalue weighted by molar-refractivity contribution is -0.118. The van der Waals surface area contributed by atoms with E-state index in [1.54, 1.807) is 33.3 Å². The molecule has 0 unspecified atom stereocenters. The molecule has 1 aromatic rings. The van der Waals surface area contributed by atoms with Crippen LogP contribution in [-0.2, 0) is 25.5 Å². The SMILES string of the molecule is CCC(=O)N(C)c1ncccc1CN(CCOC)C(=O)OCOC. The summed E-state index contributed by atoms with van der Waals surface area (Å²) in [6, 6.07) is 3.59. The van der Waals surface area contributed by atoms with Crippen molar-refractivity contribution in [2.24, 2.45) is 0 Å². The molecule has 0 radical (unpaired) electrons. The molecule has 2 amide bonds. The van der Waals surface area contributed by atoms with Gasteiger partial charge in [0.25, 0.3) is 0 Å². The fourth-order valence-electron chi connectivity index (χ4n) is 2.05. The molecule has 0 saturated carbocycles. The molecule has 0 aliphatic heterocycles. The molecule has 0 saturated heterocycles. The molecule has 1 rings (SSSR count). The maximum atomic E-state index is 12.2. The van der Waals surface area contributed by atoms with Crippen LogP contribution in [0.3, 0.4) is 0 Å². The van der Waals surface area contributed by atoms with E-state index in [-0.39, 0.29) is 19.2 Å². The molecule has 24 heavy (non-hydrogen) atoms. The molecule has 0 fully saturated rings. The number of pyridine rings is 1. The average Bonchev–Trinajstić information content (AvgIpc) is 2.62. The lowest BCUT2D eigenvalue weighted by Gasteiger charge is -2.24. The van der Waals surface area contributed by atoms with Crippen molar-refractivity contribution in [1.82, 2.24) is 9.88 Å². The standard InChI is InChI=1S/C16H25N3O5/c1-5-14(20)18(2)15-13(7-6-8-17-15)11-19(9-10-22-3)16(21)24-12-23-4/h6-8H,5,9-12H2,1-4H3. The fraction of sp³-hybridized carbons (Fsp3) is 0.562. The highest BCUT2D eigenvalue weighted by Gasteiger charge is 2.20. The van der Waals surface area contributed by atoms with Crippen LogP contribution in [0, 0.1) is 0 Å². The van der Waals surface area contributed by atoms with Gasteiger partial charge in [0, 0.05) is 46.0 Å². The number of anilines is 1. The molecular formula is C16H25N3O5. The first kappa shape index (κ1) is 19.9. The summed E-state index contributed by atoms with van der Waals surface area (Å²) in [5.74, 6) is 0.464. The van der Waals surface area contributed by atoms with Crippen molar-refractivity contribution in [2.75, 3.05) is 46.1 Å². The smallest absolute Gasteiger partial charge is 0.412 e. The van der Waals surface area contributed by atoms with E-state index in [9.17, 15) is 9.59 Å². The molecule has 1 heterocycles. The normalized spacial score (nSPS) is 10.3. The van der Waals surface area contributed by atoms with Gasteiger partial charge in [-0.3, -0.25) is 9.69 Å². The quantitative estimate of drug-likeness (QED) is 0.636. The number of aromatic nitrogens is 1. The summed E-state index contributed by atoms with van der Waals surface area (Å²) in [6.07, 6.45) is 1.46. The Morgan fingerprint density at radius 1 is 1.25 bits per heavy atom. The summed E-state index contributed by atoms with van der Waals surface area (Å²) >= 11 is 0. The highest BCUT2D eigenvalue weighted by Crippen LogP contribution is 2.19. The largest absolute Gasteiger partial charge is 0.422 e. The fourth-order valence-corrected chi connectivity index (χ4v) is 2.05. The Kier molecular flexibility index (Phi) is 8.74. The van der Waals surface area contributed by atoms with Gasteiger partial charge in [-0.05, 0) is 6.07 Å². The minimum absolute atomic E-state index is 0.0552. The van der Waals surface area contributed by atoms with Crippen LogP contribution in [0.15, 0.2) is 18.3 Å². The summed E-state index contributed by atoms with van der Waals surface area (Å²) in [5, 5.41) is 0. The minimum atomic E-state index is -0.520. The lowest BCUT2D eigenvalue weighted by atomic mass is 10.2. The first-order chi connectivity index (χ1) is 11.5. The molecule has 0 aliphatic rings. The van der Waals surface area contributed by atoms with Gasteiger partial charge in [0.2, 0.25) is 5.91 Å². The second kappa shape index (κ2) is 10.6. The molecule has 134 valence electrons. The second-order valence-corrected chi connectivity index (χ2v) is 5.02. The molecule has 0 N–H and O–H groups in total. The van der Waals surface area contributed by atoms with Crippen molar-refractivity contribution in [3.8, 4) is 0 Å². The van der Waals surface area contributed by atoms with Crippen molar-refractivity contribution in [3.05, 3.63) is 23.9 Å². The molecule has 0 spiro atoms. The molecule has 0 aromatic carbocycles. The Balaban J connectivity index is 2.96. The van der Waals surface area contributed by atoms with E-state index >= 15 is 0 Å². The van der Waals surface area contributed by atoms with Crippen molar-refractivity contribution < 1.29 is 23.8 Å². The van der Waals surface area contributed by atoms with Crippen LogP contribution >= 0.6 is 0 Å². The van der Waals surface area contributed by atoms with Gasteiger partial charge in [-0.15, -0.1) is 0 Å². The Hall–Kier alpha value is -2.19. The van der Waals surface area contributed by atoms with E-state index in [1.165, 1.54) is 16.9 Å². The van der Waals surface area contributed by atoms with E-state index < -0.39 is 6.09 Å². The molecule has 0 aliphatic carbocycles. The van der Waals surface area contributed by atoms with Crippen LogP contribution in [0.25, 0.3) is 0 Å². The summed E-state index contributed by atoms with van der Waals surface area (Å²) in [6.45, 7) is 2.61. The number of methoxy groups -OCH3 is 2. The molecule has 8 heteroatoms. The monoisotopic (exact) mass is 339 g/mol. The number of carbonyl (C=O) groups excluding carboxylic acids is 2. The zero-order chi connectivity index (χ0) is 17.9. The van der Waals surface area contributed by atoms with Gasteiger partial charge in [0.15, 0.2) is 6.79 Å².